The smallest absolute Gasteiger partial charge is 0.0819 e. The Bertz CT molecular complexity index is 126. The van der Waals surface area contributed by atoms with Crippen LogP contribution in [-0.4, -0.2) is 35.7 Å². The molecule has 46 valence electrons. The molecule has 0 bridgehead atoms. The van der Waals surface area contributed by atoms with Crippen LogP contribution in [0.3, 0.4) is 0 Å². The second-order valence-electron chi connectivity index (χ2n) is 3.20. The average molecular weight is 113 g/mol. The zero-order valence-electron chi connectivity index (χ0n) is 5.09. The van der Waals surface area contributed by atoms with Gasteiger partial charge in [-0.2, -0.15) is 0 Å². The molecule has 0 aromatic carbocycles. The zero-order chi connectivity index (χ0) is 5.78. The minimum absolute atomic E-state index is 0.241. The molecule has 0 radical (unpaired) electrons. The van der Waals surface area contributed by atoms with E-state index in [1.54, 1.807) is 0 Å². The van der Waals surface area contributed by atoms with Crippen LogP contribution < -0.4 is 0 Å². The van der Waals surface area contributed by atoms with Crippen LogP contribution in [0.4, 0.5) is 0 Å². The summed E-state index contributed by atoms with van der Waals surface area (Å²) in [5.74, 6) is 0.618. The molecule has 2 rings (SSSR count). The summed E-state index contributed by atoms with van der Waals surface area (Å²) in [6.07, 6.45) is 1.05. The summed E-state index contributed by atoms with van der Waals surface area (Å²) in [5, 5.41) is 9.40. The van der Waals surface area contributed by atoms with Crippen LogP contribution in [0.2, 0.25) is 0 Å². The molecule has 1 saturated carbocycles. The Balaban J connectivity index is 2.10. The molecule has 8 heavy (non-hydrogen) atoms. The van der Waals surface area contributed by atoms with Gasteiger partial charge in [-0.05, 0) is 13.5 Å². The van der Waals surface area contributed by atoms with Crippen molar-refractivity contribution in [2.24, 2.45) is 5.92 Å². The van der Waals surface area contributed by atoms with E-state index in [1.807, 2.05) is 0 Å². The standard InChI is InChI=1S/C6H11NO/c1-7-3-5-2-6(5,8)4-7/h5,8H,2-4H2,1H3. The molecule has 2 unspecified atom stereocenters. The molecule has 2 heteroatoms. The Hall–Kier alpha value is -0.0800. The van der Waals surface area contributed by atoms with E-state index >= 15 is 0 Å². The van der Waals surface area contributed by atoms with Gasteiger partial charge in [0.2, 0.25) is 0 Å². The third kappa shape index (κ3) is 0.446. The van der Waals surface area contributed by atoms with Gasteiger partial charge in [-0.3, -0.25) is 0 Å². The van der Waals surface area contributed by atoms with E-state index in [9.17, 15) is 5.11 Å². The van der Waals surface area contributed by atoms with Gasteiger partial charge in [0.1, 0.15) is 0 Å². The number of likely N-dealkylation sites (tertiary alicyclic amines) is 1. The van der Waals surface area contributed by atoms with Crippen LogP contribution >= 0.6 is 0 Å². The molecule has 1 heterocycles. The van der Waals surface area contributed by atoms with E-state index in [2.05, 4.69) is 11.9 Å². The quantitative estimate of drug-likeness (QED) is 0.465. The van der Waals surface area contributed by atoms with Gasteiger partial charge in [-0.1, -0.05) is 0 Å². The molecule has 1 aliphatic carbocycles. The van der Waals surface area contributed by atoms with E-state index in [1.165, 1.54) is 0 Å². The molecule has 0 spiro atoms. The predicted molar refractivity (Wildman–Crippen MR) is 30.6 cm³/mol. The van der Waals surface area contributed by atoms with Crippen molar-refractivity contribution >= 4 is 0 Å². The summed E-state index contributed by atoms with van der Waals surface area (Å²) in [6, 6.07) is 0. The fourth-order valence-corrected chi connectivity index (χ4v) is 1.70. The van der Waals surface area contributed by atoms with Crippen LogP contribution in [0, 0.1) is 5.92 Å². The van der Waals surface area contributed by atoms with Gasteiger partial charge in [0.05, 0.1) is 5.60 Å². The van der Waals surface area contributed by atoms with Gasteiger partial charge >= 0.3 is 0 Å². The van der Waals surface area contributed by atoms with Crippen molar-refractivity contribution in [3.63, 3.8) is 0 Å². The van der Waals surface area contributed by atoms with Crippen molar-refractivity contribution in [1.29, 1.82) is 0 Å². The van der Waals surface area contributed by atoms with Crippen molar-refractivity contribution in [3.8, 4) is 0 Å². The molecule has 1 N–H and O–H groups in total. The highest BCUT2D eigenvalue weighted by Crippen LogP contribution is 2.48. The lowest BCUT2D eigenvalue weighted by atomic mass is 10.3. The number of nitrogens with zero attached hydrogens (tertiary/aromatic N) is 1. The van der Waals surface area contributed by atoms with Gasteiger partial charge in [0, 0.05) is 19.0 Å². The third-order valence-electron chi connectivity index (χ3n) is 2.28. The Kier molecular flexibility index (Phi) is 0.649. The maximum atomic E-state index is 9.40. The first-order valence-electron chi connectivity index (χ1n) is 3.12. The fourth-order valence-electron chi connectivity index (χ4n) is 1.70. The number of piperidine rings is 1. The van der Waals surface area contributed by atoms with Crippen molar-refractivity contribution in [2.75, 3.05) is 20.1 Å². The molecule has 1 aliphatic heterocycles. The summed E-state index contributed by atoms with van der Waals surface area (Å²) >= 11 is 0. The zero-order valence-corrected chi connectivity index (χ0v) is 5.09. The molecule has 2 atom stereocenters. The van der Waals surface area contributed by atoms with Gasteiger partial charge in [0.15, 0.2) is 0 Å². The monoisotopic (exact) mass is 113 g/mol. The predicted octanol–water partition coefficient (Wildman–Crippen LogP) is -0.317. The highest BCUT2D eigenvalue weighted by atomic mass is 16.3. The molecule has 0 aromatic rings. The molecule has 2 aliphatic rings. The second-order valence-corrected chi connectivity index (χ2v) is 3.20. The minimum atomic E-state index is -0.241. The summed E-state index contributed by atoms with van der Waals surface area (Å²) < 4.78 is 0. The van der Waals surface area contributed by atoms with Gasteiger partial charge in [-0.25, -0.2) is 0 Å². The highest BCUT2D eigenvalue weighted by Gasteiger charge is 2.57. The fraction of sp³-hybridized carbons (Fsp3) is 1.00. The molecule has 0 aromatic heterocycles. The summed E-state index contributed by atoms with van der Waals surface area (Å²) in [5.41, 5.74) is -0.241. The minimum Gasteiger partial charge on any atom is -0.388 e. The number of fused-ring (bicyclic) bond motifs is 1. The summed E-state index contributed by atoms with van der Waals surface area (Å²) in [7, 11) is 2.06. The number of likely N-dealkylation sites (N-methyl/N-ethyl adjacent to an activating group) is 1. The Labute approximate surface area is 49.1 Å². The van der Waals surface area contributed by atoms with Crippen LogP contribution in [0.5, 0.6) is 0 Å². The first-order chi connectivity index (χ1) is 3.71. The maximum Gasteiger partial charge on any atom is 0.0819 e. The number of rotatable bonds is 0. The molecule has 2 fully saturated rings. The van der Waals surface area contributed by atoms with Crippen LogP contribution in [0.1, 0.15) is 6.42 Å². The number of β-amino-alcohol motifs (C(OH)–C–C–N with tert-alkyl or cyclic N) is 1. The van der Waals surface area contributed by atoms with Crippen LogP contribution in [0.25, 0.3) is 0 Å². The number of aliphatic hydroxyl groups is 1. The lowest BCUT2D eigenvalue weighted by Gasteiger charge is -2.09. The van der Waals surface area contributed by atoms with Crippen LogP contribution in [-0.2, 0) is 0 Å². The SMILES string of the molecule is CN1CC2CC2(O)C1. The van der Waals surface area contributed by atoms with Gasteiger partial charge in [0.25, 0.3) is 0 Å². The molecule has 2 nitrogen and oxygen atoms in total. The van der Waals surface area contributed by atoms with Gasteiger partial charge in [-0.15, -0.1) is 0 Å². The Morgan fingerprint density at radius 3 is 2.75 bits per heavy atom. The number of hydrogen-bond acceptors (Lipinski definition) is 2. The van der Waals surface area contributed by atoms with Crippen molar-refractivity contribution in [2.45, 2.75) is 12.0 Å². The first kappa shape index (κ1) is 4.77. The van der Waals surface area contributed by atoms with E-state index in [4.69, 9.17) is 0 Å². The molecular formula is C6H11NO. The molecular weight excluding hydrogens is 102 g/mol. The lowest BCUT2D eigenvalue weighted by molar-refractivity contribution is 0.135. The molecule has 1 saturated heterocycles. The first-order valence-corrected chi connectivity index (χ1v) is 3.12. The van der Waals surface area contributed by atoms with E-state index < -0.39 is 0 Å². The van der Waals surface area contributed by atoms with Crippen LogP contribution in [0.15, 0.2) is 0 Å². The average Bonchev–Trinajstić information content (AvgIpc) is 2.07. The highest BCUT2D eigenvalue weighted by molar-refractivity contribution is 5.10. The topological polar surface area (TPSA) is 23.5 Å². The normalized spacial score (nSPS) is 54.0. The lowest BCUT2D eigenvalue weighted by Crippen LogP contribution is -2.22. The van der Waals surface area contributed by atoms with E-state index in [0.29, 0.717) is 5.92 Å². The summed E-state index contributed by atoms with van der Waals surface area (Å²) in [6.45, 7) is 2.01. The Morgan fingerprint density at radius 1 is 1.75 bits per heavy atom. The van der Waals surface area contributed by atoms with Crippen molar-refractivity contribution < 1.29 is 5.11 Å². The van der Waals surface area contributed by atoms with Crippen molar-refractivity contribution in [1.82, 2.24) is 4.90 Å². The van der Waals surface area contributed by atoms with Crippen molar-refractivity contribution in [3.05, 3.63) is 0 Å². The number of hydrogen-bond donors (Lipinski definition) is 1. The maximum absolute atomic E-state index is 9.40. The molecule has 0 amide bonds. The van der Waals surface area contributed by atoms with E-state index in [-0.39, 0.29) is 5.60 Å². The van der Waals surface area contributed by atoms with Gasteiger partial charge < -0.3 is 10.0 Å². The van der Waals surface area contributed by atoms with E-state index in [0.717, 1.165) is 19.5 Å². The Morgan fingerprint density at radius 2 is 2.50 bits per heavy atom. The second kappa shape index (κ2) is 1.09. The largest absolute Gasteiger partial charge is 0.388 e. The third-order valence-corrected chi connectivity index (χ3v) is 2.28. The summed E-state index contributed by atoms with van der Waals surface area (Å²) in [4.78, 5) is 2.19.